The maximum atomic E-state index is 12.9. The fourth-order valence-electron chi connectivity index (χ4n) is 3.96. The summed E-state index contributed by atoms with van der Waals surface area (Å²) in [7, 11) is -1.88. The minimum Gasteiger partial charge on any atom is -0.345 e. The van der Waals surface area contributed by atoms with Gasteiger partial charge in [0, 0.05) is 25.2 Å². The number of carbonyl (C=O) groups is 1. The molecule has 1 unspecified atom stereocenters. The van der Waals surface area contributed by atoms with Gasteiger partial charge in [0.1, 0.15) is 0 Å². The third-order valence-electron chi connectivity index (χ3n) is 6.18. The molecule has 0 bridgehead atoms. The molecule has 28 heavy (non-hydrogen) atoms. The zero-order chi connectivity index (χ0) is 19.7. The fourth-order valence-corrected chi connectivity index (χ4v) is 5.37. The minimum atomic E-state index is -3.54. The lowest BCUT2D eigenvalue weighted by Crippen LogP contribution is -2.53. The molecule has 1 aromatic carbocycles. The average molecular weight is 430 g/mol. The highest BCUT2D eigenvalue weighted by molar-refractivity contribution is 7.89. The topological polar surface area (TPSA) is 92.5 Å². The third kappa shape index (κ3) is 4.87. The standard InChI is InChI=1S/C20H31N3O3S.ClH/c1-20(14-21,16-10-11-16)22-19(24)15-8-12-18(13-9-15)27(25,26)23(2)17-6-4-3-5-7-17;/h8-9,12-13,16-17H,3-7,10-11,14,21H2,1-2H3,(H,22,24);1H. The monoisotopic (exact) mass is 429 g/mol. The second kappa shape index (κ2) is 9.11. The van der Waals surface area contributed by atoms with Crippen LogP contribution in [0, 0.1) is 5.92 Å². The van der Waals surface area contributed by atoms with Crippen LogP contribution in [0.25, 0.3) is 0 Å². The molecule has 0 aliphatic heterocycles. The summed E-state index contributed by atoms with van der Waals surface area (Å²) in [6.45, 7) is 2.36. The summed E-state index contributed by atoms with van der Waals surface area (Å²) < 4.78 is 27.3. The fraction of sp³-hybridized carbons (Fsp3) is 0.650. The molecule has 2 aliphatic rings. The Hall–Kier alpha value is -1.15. The van der Waals surface area contributed by atoms with Gasteiger partial charge in [-0.3, -0.25) is 4.79 Å². The number of hydrogen-bond acceptors (Lipinski definition) is 4. The molecule has 0 heterocycles. The number of carbonyl (C=O) groups excluding carboxylic acids is 1. The van der Waals surface area contributed by atoms with E-state index in [1.165, 1.54) is 22.9 Å². The summed E-state index contributed by atoms with van der Waals surface area (Å²) in [4.78, 5) is 12.8. The van der Waals surface area contributed by atoms with Crippen LogP contribution in [-0.2, 0) is 10.0 Å². The van der Waals surface area contributed by atoms with E-state index in [4.69, 9.17) is 5.73 Å². The highest BCUT2D eigenvalue weighted by Crippen LogP contribution is 2.39. The van der Waals surface area contributed by atoms with E-state index in [2.05, 4.69) is 5.32 Å². The smallest absolute Gasteiger partial charge is 0.251 e. The number of sulfonamides is 1. The van der Waals surface area contributed by atoms with Crippen LogP contribution in [0.1, 0.15) is 62.2 Å². The molecule has 2 aliphatic carbocycles. The van der Waals surface area contributed by atoms with E-state index in [0.29, 0.717) is 18.0 Å². The van der Waals surface area contributed by atoms with Crippen LogP contribution in [0.5, 0.6) is 0 Å². The summed E-state index contributed by atoms with van der Waals surface area (Å²) in [6.07, 6.45) is 7.31. The van der Waals surface area contributed by atoms with E-state index in [0.717, 1.165) is 38.5 Å². The quantitative estimate of drug-likeness (QED) is 0.696. The second-order valence-corrected chi connectivity index (χ2v) is 10.2. The molecule has 3 N–H and O–H groups in total. The van der Waals surface area contributed by atoms with Crippen LogP contribution >= 0.6 is 12.4 Å². The molecule has 158 valence electrons. The first-order valence-electron chi connectivity index (χ1n) is 9.88. The molecular weight excluding hydrogens is 398 g/mol. The number of nitrogens with two attached hydrogens (primary N) is 1. The highest BCUT2D eigenvalue weighted by Gasteiger charge is 2.41. The molecular formula is C20H32ClN3O3S. The highest BCUT2D eigenvalue weighted by atomic mass is 35.5. The second-order valence-electron chi connectivity index (χ2n) is 8.19. The van der Waals surface area contributed by atoms with Crippen molar-refractivity contribution in [2.45, 2.75) is 68.3 Å². The Morgan fingerprint density at radius 1 is 1.14 bits per heavy atom. The molecule has 2 saturated carbocycles. The Balaban J connectivity index is 0.00000280. The molecule has 3 rings (SSSR count). The number of nitrogens with zero attached hydrogens (tertiary/aromatic N) is 1. The van der Waals surface area contributed by atoms with Gasteiger partial charge in [-0.05, 0) is 62.8 Å². The lowest BCUT2D eigenvalue weighted by atomic mass is 9.95. The van der Waals surface area contributed by atoms with Crippen molar-refractivity contribution in [3.05, 3.63) is 29.8 Å². The molecule has 1 atom stereocenters. The molecule has 0 aromatic heterocycles. The van der Waals surface area contributed by atoms with Crippen molar-refractivity contribution in [3.8, 4) is 0 Å². The van der Waals surface area contributed by atoms with Crippen molar-refractivity contribution in [2.75, 3.05) is 13.6 Å². The van der Waals surface area contributed by atoms with Crippen molar-refractivity contribution >= 4 is 28.3 Å². The van der Waals surface area contributed by atoms with E-state index >= 15 is 0 Å². The largest absolute Gasteiger partial charge is 0.345 e. The summed E-state index contributed by atoms with van der Waals surface area (Å²) in [6, 6.07) is 6.29. The number of rotatable bonds is 7. The third-order valence-corrected chi connectivity index (χ3v) is 8.11. The Labute approximate surface area is 174 Å². The molecule has 0 spiro atoms. The predicted octanol–water partition coefficient (Wildman–Crippen LogP) is 2.92. The van der Waals surface area contributed by atoms with Gasteiger partial charge in [0.2, 0.25) is 10.0 Å². The van der Waals surface area contributed by atoms with Gasteiger partial charge in [0.25, 0.3) is 5.91 Å². The van der Waals surface area contributed by atoms with Gasteiger partial charge in [-0.1, -0.05) is 19.3 Å². The van der Waals surface area contributed by atoms with Gasteiger partial charge >= 0.3 is 0 Å². The molecule has 2 fully saturated rings. The van der Waals surface area contributed by atoms with E-state index < -0.39 is 15.6 Å². The van der Waals surface area contributed by atoms with Crippen molar-refractivity contribution < 1.29 is 13.2 Å². The zero-order valence-electron chi connectivity index (χ0n) is 16.7. The maximum absolute atomic E-state index is 12.9. The van der Waals surface area contributed by atoms with Gasteiger partial charge in [-0.15, -0.1) is 12.4 Å². The van der Waals surface area contributed by atoms with Gasteiger partial charge in [0.15, 0.2) is 0 Å². The first-order chi connectivity index (χ1) is 12.8. The van der Waals surface area contributed by atoms with Gasteiger partial charge < -0.3 is 11.1 Å². The van der Waals surface area contributed by atoms with Gasteiger partial charge in [0.05, 0.1) is 10.4 Å². The van der Waals surface area contributed by atoms with Gasteiger partial charge in [-0.2, -0.15) is 4.31 Å². The SMILES string of the molecule is CN(C1CCCCC1)S(=O)(=O)c1ccc(C(=O)NC(C)(CN)C2CC2)cc1.Cl. The molecule has 0 radical (unpaired) electrons. The van der Waals surface area contributed by atoms with Gasteiger partial charge in [-0.25, -0.2) is 8.42 Å². The van der Waals surface area contributed by atoms with Crippen molar-refractivity contribution in [3.63, 3.8) is 0 Å². The number of benzene rings is 1. The molecule has 1 amide bonds. The molecule has 6 nitrogen and oxygen atoms in total. The number of amides is 1. The van der Waals surface area contributed by atoms with Crippen LogP contribution in [-0.4, -0.2) is 43.8 Å². The lowest BCUT2D eigenvalue weighted by Gasteiger charge is -2.30. The summed E-state index contributed by atoms with van der Waals surface area (Å²) in [5, 5.41) is 3.03. The summed E-state index contributed by atoms with van der Waals surface area (Å²) in [5.74, 6) is 0.217. The normalized spacial score (nSPS) is 20.3. The van der Waals surface area contributed by atoms with Crippen molar-refractivity contribution in [1.82, 2.24) is 9.62 Å². The summed E-state index contributed by atoms with van der Waals surface area (Å²) >= 11 is 0. The van der Waals surface area contributed by atoms with Crippen LogP contribution < -0.4 is 11.1 Å². The number of halogens is 1. The summed E-state index contributed by atoms with van der Waals surface area (Å²) in [5.41, 5.74) is 5.91. The average Bonchev–Trinajstić information content (AvgIpc) is 3.54. The van der Waals surface area contributed by atoms with E-state index in [1.54, 1.807) is 19.2 Å². The lowest BCUT2D eigenvalue weighted by molar-refractivity contribution is 0.0897. The van der Waals surface area contributed by atoms with E-state index in [1.807, 2.05) is 6.92 Å². The minimum absolute atomic E-state index is 0. The number of hydrogen-bond donors (Lipinski definition) is 2. The first kappa shape index (κ1) is 23.1. The predicted molar refractivity (Wildman–Crippen MR) is 113 cm³/mol. The van der Waals surface area contributed by atoms with E-state index in [-0.39, 0.29) is 29.3 Å². The zero-order valence-corrected chi connectivity index (χ0v) is 18.3. The van der Waals surface area contributed by atoms with Crippen molar-refractivity contribution in [2.24, 2.45) is 11.7 Å². The Morgan fingerprint density at radius 3 is 2.21 bits per heavy atom. The van der Waals surface area contributed by atoms with Crippen LogP contribution in [0.2, 0.25) is 0 Å². The Kier molecular flexibility index (Phi) is 7.53. The van der Waals surface area contributed by atoms with Crippen molar-refractivity contribution in [1.29, 1.82) is 0 Å². The molecule has 1 aromatic rings. The Morgan fingerprint density at radius 2 is 1.71 bits per heavy atom. The molecule has 0 saturated heterocycles. The van der Waals surface area contributed by atoms with Crippen LogP contribution in [0.3, 0.4) is 0 Å². The van der Waals surface area contributed by atoms with Crippen LogP contribution in [0.4, 0.5) is 0 Å². The van der Waals surface area contributed by atoms with E-state index in [9.17, 15) is 13.2 Å². The maximum Gasteiger partial charge on any atom is 0.251 e. The first-order valence-corrected chi connectivity index (χ1v) is 11.3. The van der Waals surface area contributed by atoms with Crippen LogP contribution in [0.15, 0.2) is 29.2 Å². The Bertz CT molecular complexity index is 774. The number of nitrogens with one attached hydrogen (secondary N) is 1. The molecule has 8 heteroatoms.